The highest BCUT2D eigenvalue weighted by Gasteiger charge is 2.30. The highest BCUT2D eigenvalue weighted by molar-refractivity contribution is 7.98. The molecule has 49 heavy (non-hydrogen) atoms. The Bertz CT molecular complexity index is 1860. The number of carbonyl (C=O) groups excluding carboxylic acids is 2. The number of fused-ring (bicyclic) bond motifs is 3. The Labute approximate surface area is 290 Å². The SMILES string of the molecule is COc1cc2c(c(OC)c1OC)-c1ccc(N[C@@H](CCSC)C(=O)N[C@@H](c3ccccc3)c3nccn3C)c(=O)cc1[C@@H](NC(C)=O)CC2. The van der Waals surface area contributed by atoms with Gasteiger partial charge < -0.3 is 34.7 Å². The van der Waals surface area contributed by atoms with Gasteiger partial charge in [-0.1, -0.05) is 36.4 Å². The smallest absolute Gasteiger partial charge is 0.243 e. The molecule has 1 aliphatic rings. The minimum atomic E-state index is -0.730. The third-order valence-electron chi connectivity index (χ3n) is 8.71. The Kier molecular flexibility index (Phi) is 11.5. The Morgan fingerprint density at radius 3 is 2.43 bits per heavy atom. The molecule has 11 nitrogen and oxygen atoms in total. The summed E-state index contributed by atoms with van der Waals surface area (Å²) in [5.74, 6) is 2.30. The number of aromatic nitrogens is 2. The van der Waals surface area contributed by atoms with Crippen molar-refractivity contribution in [3.63, 3.8) is 0 Å². The van der Waals surface area contributed by atoms with E-state index in [1.54, 1.807) is 51.4 Å². The molecule has 3 N–H and O–H groups in total. The van der Waals surface area contributed by atoms with Crippen molar-refractivity contribution >= 4 is 29.3 Å². The fourth-order valence-corrected chi connectivity index (χ4v) is 6.83. The lowest BCUT2D eigenvalue weighted by Gasteiger charge is -2.24. The summed E-state index contributed by atoms with van der Waals surface area (Å²) in [4.78, 5) is 45.0. The number of carbonyl (C=O) groups is 2. The van der Waals surface area contributed by atoms with Crippen LogP contribution in [0.3, 0.4) is 0 Å². The molecule has 0 radical (unpaired) electrons. The Morgan fingerprint density at radius 1 is 1.04 bits per heavy atom. The summed E-state index contributed by atoms with van der Waals surface area (Å²) >= 11 is 1.62. The first kappa shape index (κ1) is 35.3. The number of methoxy groups -OCH3 is 3. The lowest BCUT2D eigenvalue weighted by molar-refractivity contribution is -0.122. The van der Waals surface area contributed by atoms with Crippen LogP contribution in [0.1, 0.15) is 54.4 Å². The molecule has 0 saturated heterocycles. The highest BCUT2D eigenvalue weighted by Crippen LogP contribution is 2.50. The van der Waals surface area contributed by atoms with Crippen LogP contribution in [0.25, 0.3) is 11.1 Å². The van der Waals surface area contributed by atoms with Crippen molar-refractivity contribution in [1.82, 2.24) is 20.2 Å². The maximum atomic E-state index is 14.1. The maximum absolute atomic E-state index is 14.1. The molecule has 0 aliphatic heterocycles. The summed E-state index contributed by atoms with van der Waals surface area (Å²) in [6.45, 7) is 1.46. The number of nitrogens with zero attached hydrogens (tertiary/aromatic N) is 2. The van der Waals surface area contributed by atoms with Crippen LogP contribution in [-0.2, 0) is 23.1 Å². The minimum absolute atomic E-state index is 0.212. The first-order valence-corrected chi connectivity index (χ1v) is 17.5. The molecule has 0 bridgehead atoms. The largest absolute Gasteiger partial charge is 0.493 e. The van der Waals surface area contributed by atoms with Crippen LogP contribution < -0.4 is 35.6 Å². The summed E-state index contributed by atoms with van der Waals surface area (Å²) in [5, 5.41) is 9.50. The van der Waals surface area contributed by atoms with Gasteiger partial charge in [0.25, 0.3) is 0 Å². The first-order valence-electron chi connectivity index (χ1n) is 16.1. The molecule has 1 aromatic heterocycles. The van der Waals surface area contributed by atoms with Crippen LogP contribution >= 0.6 is 11.8 Å². The van der Waals surface area contributed by atoms with Crippen molar-refractivity contribution in [2.75, 3.05) is 38.7 Å². The van der Waals surface area contributed by atoms with Gasteiger partial charge in [0, 0.05) is 31.9 Å². The average Bonchev–Trinajstić information content (AvgIpc) is 3.39. The third kappa shape index (κ3) is 7.69. The Balaban J connectivity index is 1.59. The number of anilines is 1. The molecule has 0 saturated carbocycles. The molecule has 5 rings (SSSR count). The second kappa shape index (κ2) is 16.0. The summed E-state index contributed by atoms with van der Waals surface area (Å²) in [6, 6.07) is 15.0. The molecular formula is C37H43N5O6S. The maximum Gasteiger partial charge on any atom is 0.243 e. The summed E-state index contributed by atoms with van der Waals surface area (Å²) < 4.78 is 19.1. The van der Waals surface area contributed by atoms with Crippen molar-refractivity contribution in [2.45, 2.75) is 44.3 Å². The fourth-order valence-electron chi connectivity index (χ4n) is 6.36. The zero-order valence-corrected chi connectivity index (χ0v) is 29.5. The van der Waals surface area contributed by atoms with Crippen molar-refractivity contribution < 1.29 is 23.8 Å². The lowest BCUT2D eigenvalue weighted by atomic mass is 9.95. The molecule has 12 heteroatoms. The van der Waals surface area contributed by atoms with Gasteiger partial charge in [-0.15, -0.1) is 0 Å². The predicted molar refractivity (Wildman–Crippen MR) is 193 cm³/mol. The number of amides is 2. The van der Waals surface area contributed by atoms with E-state index in [-0.39, 0.29) is 22.9 Å². The topological polar surface area (TPSA) is 133 Å². The van der Waals surface area contributed by atoms with E-state index in [4.69, 9.17) is 14.2 Å². The number of aryl methyl sites for hydroxylation is 2. The number of hydrogen-bond acceptors (Lipinski definition) is 9. The molecule has 3 atom stereocenters. The molecule has 1 aliphatic carbocycles. The number of imidazole rings is 1. The summed E-state index contributed by atoms with van der Waals surface area (Å²) in [5.41, 5.74) is 3.85. The number of nitrogens with one attached hydrogen (secondary N) is 3. The minimum Gasteiger partial charge on any atom is -0.493 e. The van der Waals surface area contributed by atoms with Gasteiger partial charge >= 0.3 is 0 Å². The zero-order valence-electron chi connectivity index (χ0n) is 28.7. The predicted octanol–water partition coefficient (Wildman–Crippen LogP) is 5.04. The van der Waals surface area contributed by atoms with Crippen LogP contribution in [0.5, 0.6) is 17.2 Å². The van der Waals surface area contributed by atoms with Gasteiger partial charge in [0.2, 0.25) is 23.0 Å². The van der Waals surface area contributed by atoms with Crippen molar-refractivity contribution in [3.05, 3.63) is 99.7 Å². The van der Waals surface area contributed by atoms with Crippen LogP contribution in [0.15, 0.2) is 71.8 Å². The molecular weight excluding hydrogens is 643 g/mol. The van der Waals surface area contributed by atoms with Gasteiger partial charge in [0.05, 0.1) is 33.1 Å². The lowest BCUT2D eigenvalue weighted by Crippen LogP contribution is -2.43. The van der Waals surface area contributed by atoms with E-state index in [1.807, 2.05) is 66.5 Å². The number of benzene rings is 2. The summed E-state index contributed by atoms with van der Waals surface area (Å²) in [6.07, 6.45) is 7.11. The molecule has 258 valence electrons. The van der Waals surface area contributed by atoms with Gasteiger partial charge in [0.15, 0.2) is 11.5 Å². The fraction of sp³-hybridized carbons (Fsp3) is 0.351. The molecule has 2 amide bonds. The summed E-state index contributed by atoms with van der Waals surface area (Å²) in [7, 11) is 6.56. The van der Waals surface area contributed by atoms with Crippen LogP contribution in [-0.4, -0.2) is 60.7 Å². The van der Waals surface area contributed by atoms with E-state index in [1.165, 1.54) is 6.92 Å². The number of rotatable bonds is 13. The van der Waals surface area contributed by atoms with E-state index < -0.39 is 18.1 Å². The van der Waals surface area contributed by atoms with E-state index >= 15 is 0 Å². The normalized spacial score (nSPS) is 14.7. The van der Waals surface area contributed by atoms with Gasteiger partial charge in [0.1, 0.15) is 17.9 Å². The van der Waals surface area contributed by atoms with E-state index in [2.05, 4.69) is 20.9 Å². The molecule has 0 unspecified atom stereocenters. The molecule has 0 spiro atoms. The highest BCUT2D eigenvalue weighted by atomic mass is 32.2. The average molecular weight is 686 g/mol. The standard InChI is InChI=1S/C37H43N5O6S/c1-22(43)39-27-14-12-24-20-31(46-3)34(47-4)35(48-5)32(24)25-13-15-28(30(44)21-26(25)27)40-29(16-19-49-6)37(45)41-33(23-10-8-7-9-11-23)36-38-17-18-42(36)2/h7-11,13,15,17-18,20-21,27,29,33H,12,14,16,19H2,1-6H3,(H,39,43)(H,40,44)(H,41,45)/t27-,29-,33-/m0/s1. The van der Waals surface area contributed by atoms with E-state index in [0.717, 1.165) is 16.7 Å². The monoisotopic (exact) mass is 685 g/mol. The molecule has 3 aromatic carbocycles. The van der Waals surface area contributed by atoms with Gasteiger partial charge in [-0.05, 0) is 71.7 Å². The Morgan fingerprint density at radius 2 is 1.80 bits per heavy atom. The van der Waals surface area contributed by atoms with Crippen LogP contribution in [0.2, 0.25) is 0 Å². The Hall–Kier alpha value is -4.97. The molecule has 4 aromatic rings. The quantitative estimate of drug-likeness (QED) is 0.177. The van der Waals surface area contributed by atoms with Gasteiger partial charge in [-0.3, -0.25) is 14.4 Å². The second-order valence-electron chi connectivity index (χ2n) is 11.8. The molecule has 0 fully saturated rings. The van der Waals surface area contributed by atoms with E-state index in [0.29, 0.717) is 59.2 Å². The number of ether oxygens (including phenoxy) is 3. The second-order valence-corrected chi connectivity index (χ2v) is 12.8. The van der Waals surface area contributed by atoms with Crippen LogP contribution in [0, 0.1) is 0 Å². The molecule has 1 heterocycles. The van der Waals surface area contributed by atoms with Crippen LogP contribution in [0.4, 0.5) is 5.69 Å². The number of thioether (sulfide) groups is 1. The number of hydrogen-bond donors (Lipinski definition) is 3. The third-order valence-corrected chi connectivity index (χ3v) is 9.35. The van der Waals surface area contributed by atoms with Gasteiger partial charge in [-0.25, -0.2) is 4.98 Å². The van der Waals surface area contributed by atoms with Crippen molar-refractivity contribution in [3.8, 4) is 28.4 Å². The van der Waals surface area contributed by atoms with Crippen molar-refractivity contribution in [1.29, 1.82) is 0 Å². The zero-order chi connectivity index (χ0) is 35.1. The first-order chi connectivity index (χ1) is 23.7. The van der Waals surface area contributed by atoms with Gasteiger partial charge in [-0.2, -0.15) is 11.8 Å². The van der Waals surface area contributed by atoms with E-state index in [9.17, 15) is 14.4 Å². The van der Waals surface area contributed by atoms with Crippen molar-refractivity contribution in [2.24, 2.45) is 7.05 Å².